The third-order valence-corrected chi connectivity index (χ3v) is 5.05. The minimum absolute atomic E-state index is 0.00675. The van der Waals surface area contributed by atoms with Crippen molar-refractivity contribution >= 4 is 33.1 Å². The molecule has 27 heavy (non-hydrogen) atoms. The van der Waals surface area contributed by atoms with E-state index >= 15 is 0 Å². The van der Waals surface area contributed by atoms with Crippen molar-refractivity contribution in [3.05, 3.63) is 57.8 Å². The Hall–Kier alpha value is -2.68. The largest absolute Gasteiger partial charge is 0.417 e. The van der Waals surface area contributed by atoms with Gasteiger partial charge in [-0.05, 0) is 37.1 Å². The maximum absolute atomic E-state index is 13.3. The number of amides is 1. The molecule has 2 aromatic heterocycles. The highest BCUT2D eigenvalue weighted by molar-refractivity contribution is 7.21. The van der Waals surface area contributed by atoms with Crippen LogP contribution in [0.4, 0.5) is 23.2 Å². The number of nitrogen functional groups attached to an aromatic ring is 1. The lowest BCUT2D eigenvalue weighted by atomic mass is 10.1. The third kappa shape index (κ3) is 4.02. The van der Waals surface area contributed by atoms with Crippen molar-refractivity contribution in [2.45, 2.75) is 19.5 Å². The van der Waals surface area contributed by atoms with Gasteiger partial charge < -0.3 is 11.1 Å². The molecular weight excluding hydrogens is 382 g/mol. The van der Waals surface area contributed by atoms with Gasteiger partial charge in [-0.1, -0.05) is 12.1 Å². The third-order valence-electron chi connectivity index (χ3n) is 3.95. The first kappa shape index (κ1) is 19.1. The number of alkyl halides is 3. The molecule has 4 nitrogen and oxygen atoms in total. The van der Waals surface area contributed by atoms with E-state index in [0.29, 0.717) is 6.42 Å². The number of carbonyl (C=O) groups excluding carboxylic acids is 1. The number of anilines is 1. The summed E-state index contributed by atoms with van der Waals surface area (Å²) in [5.41, 5.74) is 5.74. The summed E-state index contributed by atoms with van der Waals surface area (Å²) in [6.45, 7) is 1.68. The lowest BCUT2D eigenvalue weighted by molar-refractivity contribution is -0.136. The average Bonchev–Trinajstić information content (AvgIpc) is 2.91. The summed E-state index contributed by atoms with van der Waals surface area (Å²) in [5.74, 6) is -0.924. The maximum Gasteiger partial charge on any atom is 0.417 e. The summed E-state index contributed by atoms with van der Waals surface area (Å²) >= 11 is 0.827. The molecule has 9 heteroatoms. The molecule has 2 heterocycles. The molecule has 1 amide bonds. The highest BCUT2D eigenvalue weighted by Gasteiger charge is 2.35. The van der Waals surface area contributed by atoms with Gasteiger partial charge in [-0.25, -0.2) is 9.37 Å². The number of hydrogen-bond donors (Lipinski definition) is 2. The maximum atomic E-state index is 13.3. The van der Waals surface area contributed by atoms with Crippen molar-refractivity contribution in [1.29, 1.82) is 0 Å². The second-order valence-corrected chi connectivity index (χ2v) is 6.97. The Bertz CT molecular complexity index is 996. The van der Waals surface area contributed by atoms with Gasteiger partial charge in [0.1, 0.15) is 15.5 Å². The molecule has 142 valence electrons. The quantitative estimate of drug-likeness (QED) is 0.645. The number of carbonyl (C=O) groups is 1. The Balaban J connectivity index is 1.83. The van der Waals surface area contributed by atoms with Gasteiger partial charge in [0.05, 0.1) is 11.3 Å². The van der Waals surface area contributed by atoms with Crippen LogP contribution in [0.1, 0.15) is 26.5 Å². The van der Waals surface area contributed by atoms with Gasteiger partial charge in [0.15, 0.2) is 0 Å². The van der Waals surface area contributed by atoms with Gasteiger partial charge in [0.2, 0.25) is 0 Å². The first-order chi connectivity index (χ1) is 12.7. The number of rotatable bonds is 4. The summed E-state index contributed by atoms with van der Waals surface area (Å²) in [5, 5.41) is 2.38. The van der Waals surface area contributed by atoms with Crippen LogP contribution in [0.2, 0.25) is 0 Å². The summed E-state index contributed by atoms with van der Waals surface area (Å²) in [4.78, 5) is 16.5. The number of halogens is 4. The topological polar surface area (TPSA) is 68.0 Å². The summed E-state index contributed by atoms with van der Waals surface area (Å²) < 4.78 is 52.8. The van der Waals surface area contributed by atoms with Crippen LogP contribution in [0.15, 0.2) is 30.3 Å². The molecule has 0 fully saturated rings. The Labute approximate surface area is 156 Å². The fraction of sp³-hybridized carbons (Fsp3) is 0.222. The summed E-state index contributed by atoms with van der Waals surface area (Å²) in [7, 11) is 0. The van der Waals surface area contributed by atoms with E-state index in [-0.39, 0.29) is 38.8 Å². The van der Waals surface area contributed by atoms with Crippen LogP contribution in [-0.2, 0) is 12.6 Å². The number of aromatic nitrogens is 1. The zero-order valence-corrected chi connectivity index (χ0v) is 15.0. The van der Waals surface area contributed by atoms with Gasteiger partial charge in [-0.15, -0.1) is 11.3 Å². The fourth-order valence-electron chi connectivity index (χ4n) is 2.69. The zero-order valence-electron chi connectivity index (χ0n) is 14.2. The normalized spacial score (nSPS) is 11.7. The Morgan fingerprint density at radius 2 is 1.93 bits per heavy atom. The number of nitrogens with two attached hydrogens (primary N) is 1. The fourth-order valence-corrected chi connectivity index (χ4v) is 3.77. The minimum atomic E-state index is -4.60. The molecular formula is C18H15F4N3OS. The summed E-state index contributed by atoms with van der Waals surface area (Å²) in [6, 6.07) is 6.73. The lowest BCUT2D eigenvalue weighted by Crippen LogP contribution is -2.25. The molecule has 1 aromatic carbocycles. The molecule has 0 spiro atoms. The van der Waals surface area contributed by atoms with E-state index in [1.165, 1.54) is 19.1 Å². The van der Waals surface area contributed by atoms with Crippen LogP contribution in [-0.4, -0.2) is 17.4 Å². The lowest BCUT2D eigenvalue weighted by Gasteiger charge is -2.09. The van der Waals surface area contributed by atoms with Crippen molar-refractivity contribution in [3.63, 3.8) is 0 Å². The molecule has 3 rings (SSSR count). The van der Waals surface area contributed by atoms with Crippen molar-refractivity contribution in [2.24, 2.45) is 0 Å². The molecule has 0 saturated carbocycles. The second kappa shape index (κ2) is 7.15. The molecule has 0 bridgehead atoms. The average molecular weight is 397 g/mol. The first-order valence-corrected chi connectivity index (χ1v) is 8.78. The highest BCUT2D eigenvalue weighted by atomic mass is 32.1. The van der Waals surface area contributed by atoms with E-state index in [4.69, 9.17) is 5.73 Å². The minimum Gasteiger partial charge on any atom is -0.397 e. The second-order valence-electron chi connectivity index (χ2n) is 5.97. The van der Waals surface area contributed by atoms with Crippen LogP contribution >= 0.6 is 11.3 Å². The smallest absolute Gasteiger partial charge is 0.397 e. The van der Waals surface area contributed by atoms with Crippen LogP contribution in [0.3, 0.4) is 0 Å². The standard InChI is InChI=1S/C18H15F4N3OS/c1-9-8-12(18(20,21)22)13-14(23)15(27-17(13)25-9)16(26)24-7-6-10-2-4-11(19)5-3-10/h2-5,8H,6-7,23H2,1H3,(H,24,26). The van der Waals surface area contributed by atoms with Gasteiger partial charge >= 0.3 is 6.18 Å². The highest BCUT2D eigenvalue weighted by Crippen LogP contribution is 2.42. The van der Waals surface area contributed by atoms with Crippen molar-refractivity contribution < 1.29 is 22.4 Å². The molecule has 0 aliphatic heterocycles. The number of fused-ring (bicyclic) bond motifs is 1. The number of nitrogens with one attached hydrogen (secondary N) is 1. The van der Waals surface area contributed by atoms with Gasteiger partial charge in [-0.3, -0.25) is 4.79 Å². The van der Waals surface area contributed by atoms with E-state index in [9.17, 15) is 22.4 Å². The predicted molar refractivity (Wildman–Crippen MR) is 96.2 cm³/mol. The zero-order chi connectivity index (χ0) is 19.8. The molecule has 0 saturated heterocycles. The molecule has 3 aromatic rings. The SMILES string of the molecule is Cc1cc(C(F)(F)F)c2c(N)c(C(=O)NCCc3ccc(F)cc3)sc2n1. The molecule has 0 aliphatic rings. The van der Waals surface area contributed by atoms with Crippen LogP contribution in [0.25, 0.3) is 10.2 Å². The van der Waals surface area contributed by atoms with E-state index in [2.05, 4.69) is 10.3 Å². The molecule has 0 unspecified atom stereocenters. The van der Waals surface area contributed by atoms with E-state index in [0.717, 1.165) is 23.0 Å². The predicted octanol–water partition coefficient (Wildman–Crippen LogP) is 4.32. The van der Waals surface area contributed by atoms with E-state index < -0.39 is 17.6 Å². The van der Waals surface area contributed by atoms with Gasteiger partial charge in [0, 0.05) is 17.6 Å². The van der Waals surface area contributed by atoms with E-state index in [1.54, 1.807) is 12.1 Å². The van der Waals surface area contributed by atoms with Crippen LogP contribution < -0.4 is 11.1 Å². The number of aryl methyl sites for hydroxylation is 1. The van der Waals surface area contributed by atoms with Crippen LogP contribution in [0, 0.1) is 12.7 Å². The Morgan fingerprint density at radius 1 is 1.26 bits per heavy atom. The number of hydrogen-bond acceptors (Lipinski definition) is 4. The van der Waals surface area contributed by atoms with Crippen molar-refractivity contribution in [2.75, 3.05) is 12.3 Å². The molecule has 0 aliphatic carbocycles. The molecule has 0 radical (unpaired) electrons. The Kier molecular flexibility index (Phi) is 5.05. The van der Waals surface area contributed by atoms with Gasteiger partial charge in [0.25, 0.3) is 5.91 Å². The number of pyridine rings is 1. The summed E-state index contributed by atoms with van der Waals surface area (Å²) in [6.07, 6.45) is -4.15. The number of benzene rings is 1. The number of nitrogens with zero attached hydrogens (tertiary/aromatic N) is 1. The van der Waals surface area contributed by atoms with E-state index in [1.807, 2.05) is 0 Å². The number of thiophene rings is 1. The van der Waals surface area contributed by atoms with Crippen LogP contribution in [0.5, 0.6) is 0 Å². The molecule has 3 N–H and O–H groups in total. The van der Waals surface area contributed by atoms with Gasteiger partial charge in [-0.2, -0.15) is 13.2 Å². The van der Waals surface area contributed by atoms with Crippen molar-refractivity contribution in [1.82, 2.24) is 10.3 Å². The first-order valence-electron chi connectivity index (χ1n) is 7.96. The monoisotopic (exact) mass is 397 g/mol. The Morgan fingerprint density at radius 3 is 2.56 bits per heavy atom. The molecule has 0 atom stereocenters. The van der Waals surface area contributed by atoms with Crippen molar-refractivity contribution in [3.8, 4) is 0 Å².